The Kier molecular flexibility index (Phi) is 18.5. The van der Waals surface area contributed by atoms with E-state index in [-0.39, 0.29) is 37.8 Å². The van der Waals surface area contributed by atoms with Gasteiger partial charge < -0.3 is 36.2 Å². The van der Waals surface area contributed by atoms with Gasteiger partial charge in [-0.1, -0.05) is 20.8 Å². The molecule has 0 aromatic carbocycles. The summed E-state index contributed by atoms with van der Waals surface area (Å²) < 4.78 is 4.42. The molecule has 3 amide bonds. The number of rotatable bonds is 14. The summed E-state index contributed by atoms with van der Waals surface area (Å²) in [5.74, 6) is -3.34. The van der Waals surface area contributed by atoms with Crippen LogP contribution in [0.4, 0.5) is 0 Å². The zero-order valence-corrected chi connectivity index (χ0v) is 20.3. The van der Waals surface area contributed by atoms with E-state index in [1.165, 1.54) is 4.90 Å². The zero-order valence-electron chi connectivity index (χ0n) is 20.3. The highest BCUT2D eigenvalue weighted by Crippen LogP contribution is 2.07. The first-order valence-corrected chi connectivity index (χ1v) is 10.9. The Bertz CT molecular complexity index is 627. The van der Waals surface area contributed by atoms with E-state index in [2.05, 4.69) is 15.4 Å². The van der Waals surface area contributed by atoms with Crippen molar-refractivity contribution in [3.8, 4) is 0 Å². The van der Waals surface area contributed by atoms with Crippen LogP contribution in [-0.4, -0.2) is 90.2 Å². The van der Waals surface area contributed by atoms with Gasteiger partial charge in [0.1, 0.15) is 12.6 Å². The van der Waals surface area contributed by atoms with Gasteiger partial charge >= 0.3 is 11.9 Å². The van der Waals surface area contributed by atoms with E-state index in [0.29, 0.717) is 19.4 Å². The number of aliphatic carboxylic acids is 1. The predicted molar refractivity (Wildman–Crippen MR) is 121 cm³/mol. The maximum absolute atomic E-state index is 12.6. The predicted octanol–water partition coefficient (Wildman–Crippen LogP) is -0.764. The van der Waals surface area contributed by atoms with Gasteiger partial charge in [0.2, 0.25) is 17.7 Å². The molecule has 192 valence electrons. The lowest BCUT2D eigenvalue weighted by molar-refractivity contribution is -0.142. The fraction of sp³-hybridized carbons (Fsp3) is 0.762. The van der Waals surface area contributed by atoms with Crippen LogP contribution in [0.2, 0.25) is 0 Å². The van der Waals surface area contributed by atoms with Gasteiger partial charge in [0.25, 0.3) is 0 Å². The van der Waals surface area contributed by atoms with Gasteiger partial charge in [0.05, 0.1) is 19.7 Å². The van der Waals surface area contributed by atoms with E-state index in [0.717, 1.165) is 7.11 Å². The smallest absolute Gasteiger partial charge is 0.325 e. The van der Waals surface area contributed by atoms with E-state index < -0.39 is 42.4 Å². The fourth-order valence-corrected chi connectivity index (χ4v) is 2.68. The lowest BCUT2D eigenvalue weighted by Gasteiger charge is -2.26. The number of esters is 1. The van der Waals surface area contributed by atoms with Crippen molar-refractivity contribution in [2.24, 2.45) is 11.7 Å². The second kappa shape index (κ2) is 18.8. The van der Waals surface area contributed by atoms with Gasteiger partial charge in [0, 0.05) is 19.6 Å². The molecule has 0 aromatic rings. The molecule has 33 heavy (non-hydrogen) atoms. The molecule has 0 rings (SSSR count). The third kappa shape index (κ3) is 16.5. The monoisotopic (exact) mass is 476 g/mol. The summed E-state index contributed by atoms with van der Waals surface area (Å²) in [6.45, 7) is 7.23. The Labute approximate surface area is 195 Å². The highest BCUT2D eigenvalue weighted by atomic mass is 16.5. The van der Waals surface area contributed by atoms with Crippen LogP contribution in [0.25, 0.3) is 0 Å². The Morgan fingerprint density at radius 1 is 1.12 bits per heavy atom. The maximum Gasteiger partial charge on any atom is 0.325 e. The summed E-state index contributed by atoms with van der Waals surface area (Å²) >= 11 is 0. The number of carboxylic acid groups (broad SMARTS) is 1. The van der Waals surface area contributed by atoms with Gasteiger partial charge in [-0.2, -0.15) is 0 Å². The molecule has 2 unspecified atom stereocenters. The minimum Gasteiger partial charge on any atom is -0.481 e. The van der Waals surface area contributed by atoms with Gasteiger partial charge in [0.15, 0.2) is 0 Å². The number of carbonyl (C=O) groups excluding carboxylic acids is 4. The molecule has 0 saturated carbocycles. The molecule has 0 radical (unpaired) electrons. The number of nitrogens with zero attached hydrogens (tertiary/aromatic N) is 1. The fourth-order valence-electron chi connectivity index (χ4n) is 2.68. The number of aliphatic hydroxyl groups is 1. The second-order valence-electron chi connectivity index (χ2n) is 7.66. The standard InChI is InChI=1S/C19H34N4O7.C2H6O/c1-5-8-23(19(29)13(20)9-12(2)3)11-15(24)22-14(6-7-16(25)26)18(28)21-10-17(27)30-4;1-2-3/h12-14H,5-11,20H2,1-4H3,(H,21,28)(H,22,24)(H,25,26);3H,2H2,1H3. The van der Waals surface area contributed by atoms with Crippen LogP contribution in [0.5, 0.6) is 0 Å². The van der Waals surface area contributed by atoms with Crippen molar-refractivity contribution in [1.29, 1.82) is 0 Å². The molecular formula is C21H40N4O8. The van der Waals surface area contributed by atoms with Gasteiger partial charge in [-0.05, 0) is 32.1 Å². The number of carbonyl (C=O) groups is 5. The largest absolute Gasteiger partial charge is 0.481 e. The first-order valence-electron chi connectivity index (χ1n) is 10.9. The van der Waals surface area contributed by atoms with Crippen LogP contribution in [0.1, 0.15) is 53.4 Å². The van der Waals surface area contributed by atoms with E-state index in [9.17, 15) is 24.0 Å². The van der Waals surface area contributed by atoms with Gasteiger partial charge in [-0.15, -0.1) is 0 Å². The van der Waals surface area contributed by atoms with E-state index in [1.54, 1.807) is 6.92 Å². The van der Waals surface area contributed by atoms with Crippen molar-refractivity contribution in [2.75, 3.05) is 33.4 Å². The molecule has 0 aliphatic heterocycles. The first kappa shape index (κ1) is 32.4. The third-order valence-corrected chi connectivity index (χ3v) is 4.12. The van der Waals surface area contributed by atoms with Crippen molar-refractivity contribution in [3.63, 3.8) is 0 Å². The Hall–Kier alpha value is -2.73. The number of ether oxygens (including phenoxy) is 1. The highest BCUT2D eigenvalue weighted by Gasteiger charge is 2.26. The molecule has 0 saturated heterocycles. The van der Waals surface area contributed by atoms with Crippen molar-refractivity contribution in [2.45, 2.75) is 65.5 Å². The maximum atomic E-state index is 12.6. The van der Waals surface area contributed by atoms with Crippen LogP contribution in [-0.2, 0) is 28.7 Å². The average molecular weight is 477 g/mol. The minimum atomic E-state index is -1.18. The molecule has 6 N–H and O–H groups in total. The minimum absolute atomic E-state index is 0.178. The molecule has 12 heteroatoms. The molecule has 0 bridgehead atoms. The van der Waals surface area contributed by atoms with Crippen LogP contribution in [0.15, 0.2) is 0 Å². The third-order valence-electron chi connectivity index (χ3n) is 4.12. The number of aliphatic hydroxyl groups excluding tert-OH is 1. The number of amides is 3. The van der Waals surface area contributed by atoms with Crippen molar-refractivity contribution >= 4 is 29.7 Å². The number of nitrogens with one attached hydrogen (secondary N) is 2. The summed E-state index contributed by atoms with van der Waals surface area (Å²) in [5.41, 5.74) is 5.94. The zero-order chi connectivity index (χ0) is 26.0. The lowest BCUT2D eigenvalue weighted by atomic mass is 10.0. The normalized spacial score (nSPS) is 12.0. The quantitative estimate of drug-likeness (QED) is 0.201. The molecule has 0 aliphatic carbocycles. The van der Waals surface area contributed by atoms with Crippen molar-refractivity contribution in [1.82, 2.24) is 15.5 Å². The molecule has 2 atom stereocenters. The van der Waals surface area contributed by atoms with Crippen LogP contribution >= 0.6 is 0 Å². The van der Waals surface area contributed by atoms with Gasteiger partial charge in [-0.25, -0.2) is 0 Å². The topological polar surface area (TPSA) is 188 Å². The van der Waals surface area contributed by atoms with Crippen molar-refractivity contribution < 1.29 is 38.9 Å². The molecule has 0 fully saturated rings. The number of methoxy groups -OCH3 is 1. The highest BCUT2D eigenvalue weighted by molar-refractivity contribution is 5.92. The molecule has 12 nitrogen and oxygen atoms in total. The van der Waals surface area contributed by atoms with Crippen LogP contribution in [0.3, 0.4) is 0 Å². The molecule has 0 aromatic heterocycles. The van der Waals surface area contributed by atoms with Crippen LogP contribution < -0.4 is 16.4 Å². The Balaban J connectivity index is 0. The number of hydrogen-bond acceptors (Lipinski definition) is 8. The summed E-state index contributed by atoms with van der Waals surface area (Å²) in [5, 5.41) is 21.2. The number of nitrogens with two attached hydrogens (primary N) is 1. The summed E-state index contributed by atoms with van der Waals surface area (Å²) in [6, 6.07) is -1.92. The SMILES string of the molecule is CCCN(CC(=O)NC(CCC(=O)O)C(=O)NCC(=O)OC)C(=O)C(N)CC(C)C.CCO. The van der Waals surface area contributed by atoms with Gasteiger partial charge in [-0.3, -0.25) is 24.0 Å². The van der Waals surface area contributed by atoms with E-state index in [4.69, 9.17) is 15.9 Å². The van der Waals surface area contributed by atoms with E-state index >= 15 is 0 Å². The summed E-state index contributed by atoms with van der Waals surface area (Å²) in [7, 11) is 1.15. The summed E-state index contributed by atoms with van der Waals surface area (Å²) in [4.78, 5) is 60.6. The number of carboxylic acids is 1. The second-order valence-corrected chi connectivity index (χ2v) is 7.66. The molecule has 0 spiro atoms. The average Bonchev–Trinajstić information content (AvgIpc) is 2.73. The summed E-state index contributed by atoms with van der Waals surface area (Å²) in [6.07, 6.45) is 0.531. The molecule has 0 heterocycles. The first-order chi connectivity index (χ1) is 15.4. The number of hydrogen-bond donors (Lipinski definition) is 5. The van der Waals surface area contributed by atoms with E-state index in [1.807, 2.05) is 20.8 Å². The Morgan fingerprint density at radius 3 is 2.15 bits per heavy atom. The van der Waals surface area contributed by atoms with Crippen LogP contribution in [0, 0.1) is 5.92 Å². The van der Waals surface area contributed by atoms with Crippen molar-refractivity contribution in [3.05, 3.63) is 0 Å². The molecular weight excluding hydrogens is 436 g/mol. The lowest BCUT2D eigenvalue weighted by Crippen LogP contribution is -2.53. The Morgan fingerprint density at radius 2 is 1.70 bits per heavy atom. The molecule has 0 aliphatic rings.